The zero-order valence-corrected chi connectivity index (χ0v) is 9.07. The summed E-state index contributed by atoms with van der Waals surface area (Å²) < 4.78 is 0. The highest BCUT2D eigenvalue weighted by Gasteiger charge is 2.05. The van der Waals surface area contributed by atoms with Gasteiger partial charge in [-0.25, -0.2) is 4.98 Å². The zero-order chi connectivity index (χ0) is 11.5. The Kier molecular flexibility index (Phi) is 2.83. The van der Waals surface area contributed by atoms with E-state index >= 15 is 0 Å². The molecular formula is C11H10ClN3O. The molecule has 0 aliphatic rings. The van der Waals surface area contributed by atoms with E-state index in [9.17, 15) is 5.11 Å². The van der Waals surface area contributed by atoms with Crippen LogP contribution in [-0.4, -0.2) is 10.1 Å². The Balaban J connectivity index is 2.34. The van der Waals surface area contributed by atoms with Gasteiger partial charge in [-0.15, -0.1) is 0 Å². The maximum Gasteiger partial charge on any atom is 0.153 e. The van der Waals surface area contributed by atoms with E-state index in [1.807, 2.05) is 0 Å². The summed E-state index contributed by atoms with van der Waals surface area (Å²) in [7, 11) is 0. The number of halogens is 1. The number of phenols is 1. The molecule has 0 bridgehead atoms. The van der Waals surface area contributed by atoms with Crippen LogP contribution in [0.15, 0.2) is 36.5 Å². The van der Waals surface area contributed by atoms with E-state index < -0.39 is 0 Å². The summed E-state index contributed by atoms with van der Waals surface area (Å²) >= 11 is 5.82. The normalized spacial score (nSPS) is 10.1. The van der Waals surface area contributed by atoms with E-state index in [-0.39, 0.29) is 5.75 Å². The van der Waals surface area contributed by atoms with Crippen LogP contribution >= 0.6 is 11.6 Å². The van der Waals surface area contributed by atoms with Crippen LogP contribution in [0.5, 0.6) is 5.75 Å². The first-order valence-corrected chi connectivity index (χ1v) is 5.00. The zero-order valence-electron chi connectivity index (χ0n) is 8.31. The number of aromatic hydroxyl groups is 1. The smallest absolute Gasteiger partial charge is 0.153 e. The van der Waals surface area contributed by atoms with Gasteiger partial charge in [0.2, 0.25) is 0 Å². The average molecular weight is 236 g/mol. The van der Waals surface area contributed by atoms with E-state index in [0.29, 0.717) is 22.2 Å². The van der Waals surface area contributed by atoms with Crippen molar-refractivity contribution in [2.75, 3.05) is 11.1 Å². The second-order valence-corrected chi connectivity index (χ2v) is 3.66. The van der Waals surface area contributed by atoms with Crippen LogP contribution in [0.25, 0.3) is 0 Å². The monoisotopic (exact) mass is 235 g/mol. The van der Waals surface area contributed by atoms with Crippen molar-refractivity contribution in [1.29, 1.82) is 0 Å². The first-order valence-electron chi connectivity index (χ1n) is 4.63. The van der Waals surface area contributed by atoms with E-state index in [4.69, 9.17) is 17.3 Å². The molecule has 0 saturated carbocycles. The Morgan fingerprint density at radius 2 is 2.12 bits per heavy atom. The molecule has 1 aromatic heterocycles. The molecule has 16 heavy (non-hydrogen) atoms. The summed E-state index contributed by atoms with van der Waals surface area (Å²) in [4.78, 5) is 4.05. The van der Waals surface area contributed by atoms with Gasteiger partial charge in [0.05, 0.1) is 11.4 Å². The molecule has 1 heterocycles. The summed E-state index contributed by atoms with van der Waals surface area (Å²) in [5.74, 6) is 0.578. The lowest BCUT2D eigenvalue weighted by Gasteiger charge is -2.09. The SMILES string of the molecule is Nc1cccnc1Nc1cc(Cl)ccc1O. The topological polar surface area (TPSA) is 71.2 Å². The number of nitrogens with two attached hydrogens (primary N) is 1. The van der Waals surface area contributed by atoms with Gasteiger partial charge in [-0.3, -0.25) is 0 Å². The number of hydrogen-bond donors (Lipinski definition) is 3. The lowest BCUT2D eigenvalue weighted by atomic mass is 10.3. The standard InChI is InChI=1S/C11H10ClN3O/c12-7-3-4-10(16)9(6-7)15-11-8(13)2-1-5-14-11/h1-6,16H,13H2,(H,14,15). The molecule has 0 amide bonds. The Morgan fingerprint density at radius 3 is 2.88 bits per heavy atom. The molecule has 0 unspecified atom stereocenters. The van der Waals surface area contributed by atoms with Crippen molar-refractivity contribution in [3.8, 4) is 5.75 Å². The van der Waals surface area contributed by atoms with Crippen LogP contribution in [0, 0.1) is 0 Å². The first kappa shape index (κ1) is 10.6. The lowest BCUT2D eigenvalue weighted by molar-refractivity contribution is 0.478. The molecular weight excluding hydrogens is 226 g/mol. The molecule has 5 heteroatoms. The molecule has 0 spiro atoms. The maximum atomic E-state index is 9.60. The summed E-state index contributed by atoms with van der Waals surface area (Å²) in [5.41, 5.74) is 6.69. The molecule has 0 fully saturated rings. The molecule has 0 aliphatic carbocycles. The minimum Gasteiger partial charge on any atom is -0.506 e. The number of pyridine rings is 1. The third-order valence-electron chi connectivity index (χ3n) is 2.05. The minimum absolute atomic E-state index is 0.0921. The Bertz CT molecular complexity index is 516. The fraction of sp³-hybridized carbons (Fsp3) is 0. The van der Waals surface area contributed by atoms with Gasteiger partial charge in [0.1, 0.15) is 5.75 Å². The summed E-state index contributed by atoms with van der Waals surface area (Å²) in [6.45, 7) is 0. The van der Waals surface area contributed by atoms with Crippen molar-refractivity contribution in [1.82, 2.24) is 4.98 Å². The summed E-state index contributed by atoms with van der Waals surface area (Å²) in [6, 6.07) is 8.16. The van der Waals surface area contributed by atoms with Crippen LogP contribution in [0.3, 0.4) is 0 Å². The second-order valence-electron chi connectivity index (χ2n) is 3.23. The minimum atomic E-state index is 0.0921. The Hall–Kier alpha value is -1.94. The number of nitrogens with zero attached hydrogens (tertiary/aromatic N) is 1. The predicted molar refractivity (Wildman–Crippen MR) is 65.0 cm³/mol. The number of hydrogen-bond acceptors (Lipinski definition) is 4. The van der Waals surface area contributed by atoms with Gasteiger partial charge in [-0.05, 0) is 30.3 Å². The molecule has 0 aliphatic heterocycles. The quantitative estimate of drug-likeness (QED) is 0.700. The molecule has 0 radical (unpaired) electrons. The molecule has 0 atom stereocenters. The van der Waals surface area contributed by atoms with Crippen LogP contribution < -0.4 is 11.1 Å². The Labute approximate surface area is 97.7 Å². The van der Waals surface area contributed by atoms with Crippen LogP contribution in [-0.2, 0) is 0 Å². The highest BCUT2D eigenvalue weighted by atomic mass is 35.5. The highest BCUT2D eigenvalue weighted by molar-refractivity contribution is 6.31. The van der Waals surface area contributed by atoms with Crippen molar-refractivity contribution in [2.24, 2.45) is 0 Å². The van der Waals surface area contributed by atoms with Gasteiger partial charge in [-0.1, -0.05) is 11.6 Å². The van der Waals surface area contributed by atoms with Gasteiger partial charge in [0.15, 0.2) is 5.82 Å². The van der Waals surface area contributed by atoms with Gasteiger partial charge in [0, 0.05) is 11.2 Å². The number of nitrogens with one attached hydrogen (secondary N) is 1. The number of benzene rings is 1. The lowest BCUT2D eigenvalue weighted by Crippen LogP contribution is -1.98. The first-order chi connectivity index (χ1) is 7.66. The molecule has 4 N–H and O–H groups in total. The average Bonchev–Trinajstić information content (AvgIpc) is 2.27. The fourth-order valence-electron chi connectivity index (χ4n) is 1.26. The van der Waals surface area contributed by atoms with Crippen LogP contribution in [0.4, 0.5) is 17.2 Å². The van der Waals surface area contributed by atoms with E-state index in [2.05, 4.69) is 10.3 Å². The maximum absolute atomic E-state index is 9.60. The number of nitrogen functional groups attached to an aromatic ring is 1. The molecule has 82 valence electrons. The van der Waals surface area contributed by atoms with Gasteiger partial charge in [-0.2, -0.15) is 0 Å². The van der Waals surface area contributed by atoms with E-state index in [1.54, 1.807) is 30.5 Å². The van der Waals surface area contributed by atoms with Gasteiger partial charge < -0.3 is 16.2 Å². The predicted octanol–water partition coefficient (Wildman–Crippen LogP) is 2.77. The Morgan fingerprint density at radius 1 is 1.31 bits per heavy atom. The van der Waals surface area contributed by atoms with Crippen molar-refractivity contribution in [3.63, 3.8) is 0 Å². The second kappa shape index (κ2) is 4.28. The van der Waals surface area contributed by atoms with Crippen molar-refractivity contribution in [3.05, 3.63) is 41.6 Å². The number of aromatic nitrogens is 1. The molecule has 1 aromatic carbocycles. The molecule has 2 rings (SSSR count). The molecule has 2 aromatic rings. The molecule has 4 nitrogen and oxygen atoms in total. The third kappa shape index (κ3) is 2.17. The van der Waals surface area contributed by atoms with Crippen molar-refractivity contribution in [2.45, 2.75) is 0 Å². The van der Waals surface area contributed by atoms with E-state index in [0.717, 1.165) is 0 Å². The van der Waals surface area contributed by atoms with Gasteiger partial charge in [0.25, 0.3) is 0 Å². The van der Waals surface area contributed by atoms with E-state index in [1.165, 1.54) is 6.07 Å². The highest BCUT2D eigenvalue weighted by Crippen LogP contribution is 2.30. The van der Waals surface area contributed by atoms with Crippen LogP contribution in [0.2, 0.25) is 5.02 Å². The number of phenolic OH excluding ortho intramolecular Hbond substituents is 1. The largest absolute Gasteiger partial charge is 0.506 e. The van der Waals surface area contributed by atoms with Crippen molar-refractivity contribution < 1.29 is 5.11 Å². The summed E-state index contributed by atoms with van der Waals surface area (Å²) in [5, 5.41) is 13.0. The number of anilines is 3. The summed E-state index contributed by atoms with van der Waals surface area (Å²) in [6.07, 6.45) is 1.61. The number of rotatable bonds is 2. The third-order valence-corrected chi connectivity index (χ3v) is 2.29. The molecule has 0 saturated heterocycles. The fourth-order valence-corrected chi connectivity index (χ4v) is 1.43. The van der Waals surface area contributed by atoms with Gasteiger partial charge >= 0.3 is 0 Å². The van der Waals surface area contributed by atoms with Crippen LogP contribution in [0.1, 0.15) is 0 Å². The van der Waals surface area contributed by atoms with Crippen molar-refractivity contribution >= 4 is 28.8 Å².